The zero-order valence-electron chi connectivity index (χ0n) is 9.78. The van der Waals surface area contributed by atoms with E-state index in [0.717, 1.165) is 12.0 Å². The lowest BCUT2D eigenvalue weighted by Gasteiger charge is -2.30. The minimum Gasteiger partial charge on any atom is -0.507 e. The Morgan fingerprint density at radius 2 is 2.12 bits per heavy atom. The number of phenols is 1. The van der Waals surface area contributed by atoms with Crippen molar-refractivity contribution in [1.29, 1.82) is 0 Å². The number of esters is 1. The van der Waals surface area contributed by atoms with Gasteiger partial charge in [-0.05, 0) is 24.5 Å². The number of cyclic esters (lactones) is 1. The Bertz CT molecular complexity index is 437. The molecule has 3 heteroatoms. The molecule has 1 heterocycles. The van der Waals surface area contributed by atoms with E-state index in [1.165, 1.54) is 0 Å². The van der Waals surface area contributed by atoms with Crippen molar-refractivity contribution in [2.24, 2.45) is 0 Å². The molecule has 86 valence electrons. The maximum Gasteiger partial charge on any atom is 0.342 e. The summed E-state index contributed by atoms with van der Waals surface area (Å²) < 4.78 is 5.31. The van der Waals surface area contributed by atoms with Crippen molar-refractivity contribution in [2.45, 2.75) is 39.2 Å². The molecule has 16 heavy (non-hydrogen) atoms. The van der Waals surface area contributed by atoms with Crippen LogP contribution in [-0.4, -0.2) is 17.2 Å². The summed E-state index contributed by atoms with van der Waals surface area (Å²) >= 11 is 0. The van der Waals surface area contributed by atoms with Crippen molar-refractivity contribution in [3.05, 3.63) is 28.8 Å². The summed E-state index contributed by atoms with van der Waals surface area (Å²) in [6, 6.07) is 3.76. The van der Waals surface area contributed by atoms with Crippen LogP contribution >= 0.6 is 0 Å². The molecule has 0 amide bonds. The monoisotopic (exact) mass is 220 g/mol. The molecule has 0 saturated heterocycles. The standard InChI is InChI=1S/C13H16O3/c1-4-10-8(3)9-6-5-7(2)12(14)11(9)13(15)16-10/h5-6,8,10,14H,4H2,1-3H3/t8-,10+/m0/s1. The molecule has 0 bridgehead atoms. The second kappa shape index (κ2) is 3.81. The molecule has 0 aliphatic carbocycles. The first-order chi connectivity index (χ1) is 7.56. The lowest BCUT2D eigenvalue weighted by Crippen LogP contribution is -2.30. The first-order valence-corrected chi connectivity index (χ1v) is 5.59. The van der Waals surface area contributed by atoms with E-state index in [4.69, 9.17) is 4.74 Å². The highest BCUT2D eigenvalue weighted by molar-refractivity contribution is 5.96. The van der Waals surface area contributed by atoms with Crippen LogP contribution in [0.3, 0.4) is 0 Å². The highest BCUT2D eigenvalue weighted by Crippen LogP contribution is 2.38. The predicted molar refractivity (Wildman–Crippen MR) is 60.8 cm³/mol. The van der Waals surface area contributed by atoms with Crippen molar-refractivity contribution in [2.75, 3.05) is 0 Å². The Kier molecular flexibility index (Phi) is 2.62. The van der Waals surface area contributed by atoms with E-state index in [2.05, 4.69) is 0 Å². The molecular formula is C13H16O3. The molecule has 0 unspecified atom stereocenters. The number of benzene rings is 1. The van der Waals surface area contributed by atoms with Crippen LogP contribution in [0.4, 0.5) is 0 Å². The van der Waals surface area contributed by atoms with Crippen LogP contribution in [0.25, 0.3) is 0 Å². The first-order valence-electron chi connectivity index (χ1n) is 5.59. The number of carbonyl (C=O) groups excluding carboxylic acids is 1. The Labute approximate surface area is 95.0 Å². The van der Waals surface area contributed by atoms with Crippen molar-refractivity contribution >= 4 is 5.97 Å². The Morgan fingerprint density at radius 1 is 1.44 bits per heavy atom. The molecule has 2 rings (SSSR count). The fourth-order valence-electron chi connectivity index (χ4n) is 2.24. The van der Waals surface area contributed by atoms with Crippen LogP contribution in [0.5, 0.6) is 5.75 Å². The topological polar surface area (TPSA) is 46.5 Å². The first kappa shape index (κ1) is 11.0. The number of fused-ring (bicyclic) bond motifs is 1. The highest BCUT2D eigenvalue weighted by Gasteiger charge is 2.34. The SMILES string of the molecule is CC[C@H]1OC(=O)c2c(ccc(C)c2O)[C@@H]1C. The van der Waals surface area contributed by atoms with Crippen LogP contribution in [0, 0.1) is 6.92 Å². The molecule has 1 N–H and O–H groups in total. The number of aryl methyl sites for hydroxylation is 1. The number of carbonyl (C=O) groups is 1. The number of rotatable bonds is 1. The average molecular weight is 220 g/mol. The van der Waals surface area contributed by atoms with Crippen LogP contribution in [0.1, 0.15) is 47.7 Å². The van der Waals surface area contributed by atoms with E-state index in [1.54, 1.807) is 6.92 Å². The van der Waals surface area contributed by atoms with Gasteiger partial charge in [-0.25, -0.2) is 4.79 Å². The predicted octanol–water partition coefficient (Wildman–Crippen LogP) is 2.75. The Hall–Kier alpha value is -1.51. The lowest BCUT2D eigenvalue weighted by atomic mass is 9.86. The van der Waals surface area contributed by atoms with Crippen LogP contribution < -0.4 is 0 Å². The zero-order valence-corrected chi connectivity index (χ0v) is 9.78. The van der Waals surface area contributed by atoms with E-state index in [-0.39, 0.29) is 17.8 Å². The van der Waals surface area contributed by atoms with Crippen LogP contribution in [0.2, 0.25) is 0 Å². The molecule has 0 aromatic heterocycles. The van der Waals surface area contributed by atoms with Gasteiger partial charge in [0, 0.05) is 5.92 Å². The summed E-state index contributed by atoms with van der Waals surface area (Å²) in [7, 11) is 0. The summed E-state index contributed by atoms with van der Waals surface area (Å²) in [4.78, 5) is 11.8. The van der Waals surface area contributed by atoms with Crippen molar-refractivity contribution in [1.82, 2.24) is 0 Å². The maximum absolute atomic E-state index is 11.8. The van der Waals surface area contributed by atoms with Gasteiger partial charge in [0.1, 0.15) is 17.4 Å². The molecule has 0 radical (unpaired) electrons. The summed E-state index contributed by atoms with van der Waals surface area (Å²) in [5, 5.41) is 9.89. The largest absolute Gasteiger partial charge is 0.507 e. The average Bonchev–Trinajstić information content (AvgIpc) is 2.27. The van der Waals surface area contributed by atoms with Crippen LogP contribution in [-0.2, 0) is 4.74 Å². The van der Waals surface area contributed by atoms with Gasteiger partial charge in [0.2, 0.25) is 0 Å². The lowest BCUT2D eigenvalue weighted by molar-refractivity contribution is 0.0176. The van der Waals surface area contributed by atoms with Gasteiger partial charge in [-0.3, -0.25) is 0 Å². The second-order valence-corrected chi connectivity index (χ2v) is 4.34. The van der Waals surface area contributed by atoms with Gasteiger partial charge < -0.3 is 9.84 Å². The third-order valence-corrected chi connectivity index (χ3v) is 3.33. The number of hydrogen-bond acceptors (Lipinski definition) is 3. The Morgan fingerprint density at radius 3 is 2.75 bits per heavy atom. The maximum atomic E-state index is 11.8. The fraction of sp³-hybridized carbons (Fsp3) is 0.462. The van der Waals surface area contributed by atoms with Gasteiger partial charge >= 0.3 is 5.97 Å². The summed E-state index contributed by atoms with van der Waals surface area (Å²) in [6.45, 7) is 5.79. The van der Waals surface area contributed by atoms with Gasteiger partial charge in [0.05, 0.1) is 0 Å². The molecule has 0 fully saturated rings. The van der Waals surface area contributed by atoms with E-state index in [0.29, 0.717) is 11.1 Å². The normalized spacial score (nSPS) is 23.8. The summed E-state index contributed by atoms with van der Waals surface area (Å²) in [6.07, 6.45) is 0.711. The van der Waals surface area contributed by atoms with Gasteiger partial charge in [-0.15, -0.1) is 0 Å². The fourth-order valence-corrected chi connectivity index (χ4v) is 2.24. The van der Waals surface area contributed by atoms with Gasteiger partial charge in [-0.1, -0.05) is 26.0 Å². The van der Waals surface area contributed by atoms with E-state index < -0.39 is 5.97 Å². The molecule has 0 spiro atoms. The Balaban J connectivity index is 2.58. The molecule has 1 aromatic carbocycles. The third kappa shape index (κ3) is 1.47. The van der Waals surface area contributed by atoms with Crippen molar-refractivity contribution in [3.63, 3.8) is 0 Å². The molecule has 1 aromatic rings. The minimum absolute atomic E-state index is 0.0592. The summed E-state index contributed by atoms with van der Waals surface area (Å²) in [5.41, 5.74) is 1.95. The van der Waals surface area contributed by atoms with E-state index >= 15 is 0 Å². The number of ether oxygens (including phenoxy) is 1. The second-order valence-electron chi connectivity index (χ2n) is 4.34. The van der Waals surface area contributed by atoms with Gasteiger partial charge in [0.15, 0.2) is 0 Å². The molecular weight excluding hydrogens is 204 g/mol. The molecule has 0 saturated carbocycles. The molecule has 3 nitrogen and oxygen atoms in total. The molecule has 1 aliphatic heterocycles. The third-order valence-electron chi connectivity index (χ3n) is 3.33. The van der Waals surface area contributed by atoms with Crippen molar-refractivity contribution in [3.8, 4) is 5.75 Å². The summed E-state index contributed by atoms with van der Waals surface area (Å²) in [5.74, 6) is -0.200. The number of hydrogen-bond donors (Lipinski definition) is 1. The van der Waals surface area contributed by atoms with Crippen molar-refractivity contribution < 1.29 is 14.6 Å². The quantitative estimate of drug-likeness (QED) is 0.740. The number of phenolic OH excluding ortho intramolecular Hbond substituents is 1. The minimum atomic E-state index is -0.402. The smallest absolute Gasteiger partial charge is 0.342 e. The van der Waals surface area contributed by atoms with Gasteiger partial charge in [-0.2, -0.15) is 0 Å². The highest BCUT2D eigenvalue weighted by atomic mass is 16.5. The van der Waals surface area contributed by atoms with E-state index in [1.807, 2.05) is 26.0 Å². The molecule has 2 atom stereocenters. The van der Waals surface area contributed by atoms with E-state index in [9.17, 15) is 9.90 Å². The number of aromatic hydroxyl groups is 1. The zero-order chi connectivity index (χ0) is 11.9. The van der Waals surface area contributed by atoms with Gasteiger partial charge in [0.25, 0.3) is 0 Å². The van der Waals surface area contributed by atoms with Crippen LogP contribution in [0.15, 0.2) is 12.1 Å². The molecule has 1 aliphatic rings.